The van der Waals surface area contributed by atoms with Crippen LogP contribution in [-0.4, -0.2) is 43.8 Å². The van der Waals surface area contributed by atoms with Gasteiger partial charge in [-0.25, -0.2) is 5.10 Å². The van der Waals surface area contributed by atoms with E-state index in [1.165, 1.54) is 0 Å². The molecule has 4 rings (SSSR count). The first-order chi connectivity index (χ1) is 13.7. The molecular weight excluding hydrogens is 352 g/mol. The fraction of sp³-hybridized carbons (Fsp3) is 0.286. The molecule has 0 bridgehead atoms. The number of benzene rings is 2. The smallest absolute Gasteiger partial charge is 0.266 e. The Hall–Kier alpha value is -3.35. The predicted octanol–water partition coefficient (Wildman–Crippen LogP) is 3.46. The predicted molar refractivity (Wildman–Crippen MR) is 107 cm³/mol. The van der Waals surface area contributed by atoms with Crippen LogP contribution in [0.1, 0.15) is 31.7 Å². The summed E-state index contributed by atoms with van der Waals surface area (Å²) in [5.74, 6) is 1.52. The number of carbonyl (C=O) groups is 1. The Morgan fingerprint density at radius 2 is 1.86 bits per heavy atom. The van der Waals surface area contributed by atoms with Crippen LogP contribution in [0, 0.1) is 0 Å². The van der Waals surface area contributed by atoms with E-state index in [1.54, 1.807) is 0 Å². The minimum absolute atomic E-state index is 0.0442. The van der Waals surface area contributed by atoms with Gasteiger partial charge in [0.2, 0.25) is 0 Å². The van der Waals surface area contributed by atoms with E-state index in [-0.39, 0.29) is 5.91 Å². The molecule has 0 saturated carbocycles. The molecule has 1 aromatic heterocycles. The van der Waals surface area contributed by atoms with Gasteiger partial charge in [-0.3, -0.25) is 4.79 Å². The number of nitrogens with zero attached hydrogens (tertiary/aromatic N) is 5. The number of unbranched alkanes of at least 4 members (excludes halogenated alkanes) is 1. The topological polar surface area (TPSA) is 87.1 Å². The lowest BCUT2D eigenvalue weighted by Gasteiger charge is -2.19. The first-order valence-corrected chi connectivity index (χ1v) is 9.52. The fourth-order valence-corrected chi connectivity index (χ4v) is 3.43. The van der Waals surface area contributed by atoms with Gasteiger partial charge < -0.3 is 4.90 Å². The van der Waals surface area contributed by atoms with Gasteiger partial charge in [-0.15, -0.1) is 5.10 Å². The number of aromatic amines is 1. The van der Waals surface area contributed by atoms with E-state index in [0.29, 0.717) is 18.9 Å². The van der Waals surface area contributed by atoms with Crippen LogP contribution >= 0.6 is 0 Å². The second-order valence-corrected chi connectivity index (χ2v) is 6.87. The van der Waals surface area contributed by atoms with Gasteiger partial charge in [0.15, 0.2) is 5.82 Å². The van der Waals surface area contributed by atoms with Crippen LogP contribution in [0.5, 0.6) is 0 Å². The number of amidine groups is 1. The summed E-state index contributed by atoms with van der Waals surface area (Å²) < 4.78 is 0. The van der Waals surface area contributed by atoms with Crippen molar-refractivity contribution >= 4 is 11.7 Å². The van der Waals surface area contributed by atoms with Crippen molar-refractivity contribution in [3.8, 4) is 22.5 Å². The Balaban J connectivity index is 1.53. The van der Waals surface area contributed by atoms with E-state index in [4.69, 9.17) is 0 Å². The van der Waals surface area contributed by atoms with Gasteiger partial charge in [-0.1, -0.05) is 61.9 Å². The van der Waals surface area contributed by atoms with Crippen molar-refractivity contribution in [1.29, 1.82) is 0 Å². The van der Waals surface area contributed by atoms with Crippen molar-refractivity contribution in [2.45, 2.75) is 32.7 Å². The highest BCUT2D eigenvalue weighted by atomic mass is 16.2. The van der Waals surface area contributed by atoms with Crippen molar-refractivity contribution in [3.05, 3.63) is 54.1 Å². The lowest BCUT2D eigenvalue weighted by molar-refractivity contribution is -0.117. The number of hydrogen-bond acceptors (Lipinski definition) is 5. The zero-order valence-electron chi connectivity index (χ0n) is 15.8. The number of amides is 1. The molecule has 1 amide bonds. The molecule has 0 unspecified atom stereocenters. The molecule has 2 aromatic carbocycles. The fourth-order valence-electron chi connectivity index (χ4n) is 3.43. The van der Waals surface area contributed by atoms with Gasteiger partial charge in [0.05, 0.1) is 0 Å². The van der Waals surface area contributed by atoms with Crippen LogP contribution in [0.3, 0.4) is 0 Å². The number of aromatic nitrogens is 4. The number of carbonyl (C=O) groups excluding carboxylic acids is 1. The summed E-state index contributed by atoms with van der Waals surface area (Å²) in [6.07, 6.45) is 3.00. The van der Waals surface area contributed by atoms with Crippen LogP contribution in [0.15, 0.2) is 53.5 Å². The van der Waals surface area contributed by atoms with Crippen molar-refractivity contribution in [3.63, 3.8) is 0 Å². The molecule has 0 radical (unpaired) electrons. The van der Waals surface area contributed by atoms with Crippen LogP contribution in [0.2, 0.25) is 0 Å². The number of H-pyrrole nitrogens is 1. The molecule has 7 heteroatoms. The minimum atomic E-state index is -0.0442. The Labute approximate surface area is 163 Å². The van der Waals surface area contributed by atoms with E-state index in [0.717, 1.165) is 47.4 Å². The number of aliphatic imine (C=N–C) groups is 1. The molecule has 1 aliphatic heterocycles. The standard InChI is InChI=1S/C21H22N6O/c1-2-3-8-19-22-20(28)14-27(19)13-15-9-11-16(12-10-15)17-6-4-5-7-18(17)21-23-25-26-24-21/h4-7,9-12H,2-3,8,13-14H2,1H3,(H,23,24,25,26). The van der Waals surface area contributed by atoms with Crippen LogP contribution in [0.4, 0.5) is 0 Å². The van der Waals surface area contributed by atoms with Gasteiger partial charge in [-0.05, 0) is 33.5 Å². The maximum absolute atomic E-state index is 11.8. The first-order valence-electron chi connectivity index (χ1n) is 9.52. The van der Waals surface area contributed by atoms with Crippen LogP contribution in [0.25, 0.3) is 22.5 Å². The van der Waals surface area contributed by atoms with E-state index in [2.05, 4.69) is 67.8 Å². The van der Waals surface area contributed by atoms with Gasteiger partial charge in [0.25, 0.3) is 5.91 Å². The highest BCUT2D eigenvalue weighted by Crippen LogP contribution is 2.30. The van der Waals surface area contributed by atoms with Gasteiger partial charge in [-0.2, -0.15) is 4.99 Å². The second-order valence-electron chi connectivity index (χ2n) is 6.87. The zero-order chi connectivity index (χ0) is 19.3. The summed E-state index contributed by atoms with van der Waals surface area (Å²) in [5, 5.41) is 14.2. The summed E-state index contributed by atoms with van der Waals surface area (Å²) in [4.78, 5) is 18.0. The van der Waals surface area contributed by atoms with E-state index < -0.39 is 0 Å². The van der Waals surface area contributed by atoms with Crippen molar-refractivity contribution in [1.82, 2.24) is 25.5 Å². The van der Waals surface area contributed by atoms with Crippen LogP contribution in [-0.2, 0) is 11.3 Å². The number of hydrogen-bond donors (Lipinski definition) is 1. The molecule has 1 N–H and O–H groups in total. The van der Waals surface area contributed by atoms with Gasteiger partial charge >= 0.3 is 0 Å². The third-order valence-electron chi connectivity index (χ3n) is 4.86. The Bertz CT molecular complexity index is 978. The number of tetrazole rings is 1. The molecule has 0 fully saturated rings. The Kier molecular flexibility index (Phi) is 5.23. The molecular formula is C21H22N6O. The third kappa shape index (κ3) is 3.83. The highest BCUT2D eigenvalue weighted by molar-refractivity contribution is 6.01. The quantitative estimate of drug-likeness (QED) is 0.684. The van der Waals surface area contributed by atoms with Crippen molar-refractivity contribution in [2.24, 2.45) is 4.99 Å². The lowest BCUT2D eigenvalue weighted by Crippen LogP contribution is -2.27. The summed E-state index contributed by atoms with van der Waals surface area (Å²) in [6, 6.07) is 16.4. The molecule has 0 saturated heterocycles. The molecule has 1 aliphatic rings. The van der Waals surface area contributed by atoms with E-state index >= 15 is 0 Å². The van der Waals surface area contributed by atoms with Gasteiger partial charge in [0.1, 0.15) is 12.4 Å². The molecule has 28 heavy (non-hydrogen) atoms. The molecule has 3 aromatic rings. The van der Waals surface area contributed by atoms with Crippen molar-refractivity contribution in [2.75, 3.05) is 6.54 Å². The highest BCUT2D eigenvalue weighted by Gasteiger charge is 2.22. The summed E-state index contributed by atoms with van der Waals surface area (Å²) in [7, 11) is 0. The zero-order valence-corrected chi connectivity index (χ0v) is 15.8. The van der Waals surface area contributed by atoms with Crippen molar-refractivity contribution < 1.29 is 4.79 Å². The Morgan fingerprint density at radius 1 is 1.07 bits per heavy atom. The molecule has 0 aliphatic carbocycles. The first kappa shape index (κ1) is 18.0. The normalized spacial score (nSPS) is 13.8. The minimum Gasteiger partial charge on any atom is -0.346 e. The average Bonchev–Trinajstić information content (AvgIpc) is 3.37. The summed E-state index contributed by atoms with van der Waals surface area (Å²) >= 11 is 0. The largest absolute Gasteiger partial charge is 0.346 e. The molecule has 7 nitrogen and oxygen atoms in total. The second kappa shape index (κ2) is 8.12. The van der Waals surface area contributed by atoms with E-state index in [9.17, 15) is 4.79 Å². The molecule has 2 heterocycles. The van der Waals surface area contributed by atoms with Crippen LogP contribution < -0.4 is 0 Å². The maximum atomic E-state index is 11.8. The summed E-state index contributed by atoms with van der Waals surface area (Å²) in [6.45, 7) is 3.22. The monoisotopic (exact) mass is 374 g/mol. The Morgan fingerprint density at radius 3 is 2.57 bits per heavy atom. The molecule has 0 atom stereocenters. The third-order valence-corrected chi connectivity index (χ3v) is 4.86. The average molecular weight is 374 g/mol. The summed E-state index contributed by atoms with van der Waals surface area (Å²) in [5.41, 5.74) is 4.27. The number of rotatable bonds is 7. The van der Waals surface area contributed by atoms with E-state index in [1.807, 2.05) is 18.2 Å². The van der Waals surface area contributed by atoms with Gasteiger partial charge in [0, 0.05) is 18.5 Å². The maximum Gasteiger partial charge on any atom is 0.266 e. The molecule has 0 spiro atoms. The molecule has 142 valence electrons. The number of nitrogens with one attached hydrogen (secondary N) is 1. The SMILES string of the molecule is CCCCC1=NC(=O)CN1Cc1ccc(-c2ccccc2-c2nnn[nH]2)cc1. The lowest BCUT2D eigenvalue weighted by atomic mass is 9.98.